The Morgan fingerprint density at radius 1 is 1.15 bits per heavy atom. The van der Waals surface area contributed by atoms with Crippen molar-refractivity contribution in [3.63, 3.8) is 0 Å². The fourth-order valence-corrected chi connectivity index (χ4v) is 2.39. The summed E-state index contributed by atoms with van der Waals surface area (Å²) in [5, 5.41) is 5.02. The van der Waals surface area contributed by atoms with Crippen molar-refractivity contribution in [3.05, 3.63) is 59.1 Å². The summed E-state index contributed by atoms with van der Waals surface area (Å²) in [6.07, 6.45) is 2.68. The van der Waals surface area contributed by atoms with Crippen molar-refractivity contribution in [2.45, 2.75) is 19.9 Å². The van der Waals surface area contributed by atoms with Gasteiger partial charge in [-0.25, -0.2) is 0 Å². The molecule has 2 heterocycles. The maximum Gasteiger partial charge on any atom is 0.123 e. The molecule has 3 aromatic rings. The highest BCUT2D eigenvalue weighted by molar-refractivity contribution is 6.35. The molecular formula is C16H15ClN2O. The molecular weight excluding hydrogens is 272 g/mol. The lowest BCUT2D eigenvalue weighted by molar-refractivity contribution is 0.476. The first kappa shape index (κ1) is 13.0. The van der Waals surface area contributed by atoms with Crippen LogP contribution in [-0.4, -0.2) is 4.98 Å². The van der Waals surface area contributed by atoms with Crippen LogP contribution < -0.4 is 5.32 Å². The van der Waals surface area contributed by atoms with E-state index in [0.717, 1.165) is 34.5 Å². The van der Waals surface area contributed by atoms with E-state index in [4.69, 9.17) is 16.0 Å². The zero-order valence-corrected chi connectivity index (χ0v) is 11.9. The third-order valence-corrected chi connectivity index (χ3v) is 3.56. The Morgan fingerprint density at radius 2 is 2.00 bits per heavy atom. The van der Waals surface area contributed by atoms with Gasteiger partial charge in [-0.1, -0.05) is 18.5 Å². The van der Waals surface area contributed by atoms with Crippen molar-refractivity contribution in [2.24, 2.45) is 0 Å². The molecule has 3 nitrogen and oxygen atoms in total. The van der Waals surface area contributed by atoms with Crippen LogP contribution in [0.4, 0.5) is 5.69 Å². The second-order valence-corrected chi connectivity index (χ2v) is 4.98. The number of hydrogen-bond acceptors (Lipinski definition) is 3. The minimum Gasteiger partial charge on any atom is -0.464 e. The lowest BCUT2D eigenvalue weighted by atomic mass is 10.2. The van der Waals surface area contributed by atoms with Gasteiger partial charge in [-0.05, 0) is 36.4 Å². The third-order valence-electron chi connectivity index (χ3n) is 3.24. The molecule has 0 spiro atoms. The number of nitrogens with one attached hydrogen (secondary N) is 1. The van der Waals surface area contributed by atoms with Gasteiger partial charge in [0.05, 0.1) is 22.8 Å². The van der Waals surface area contributed by atoms with Gasteiger partial charge in [0.2, 0.25) is 0 Å². The summed E-state index contributed by atoms with van der Waals surface area (Å²) >= 11 is 6.18. The average molecular weight is 287 g/mol. The van der Waals surface area contributed by atoms with Gasteiger partial charge in [0, 0.05) is 18.0 Å². The smallest absolute Gasteiger partial charge is 0.123 e. The van der Waals surface area contributed by atoms with Gasteiger partial charge in [-0.15, -0.1) is 0 Å². The molecule has 102 valence electrons. The van der Waals surface area contributed by atoms with E-state index in [0.29, 0.717) is 11.6 Å². The summed E-state index contributed by atoms with van der Waals surface area (Å²) in [6.45, 7) is 2.71. The summed E-state index contributed by atoms with van der Waals surface area (Å²) in [4.78, 5) is 4.40. The number of hydrogen-bond donors (Lipinski definition) is 1. The van der Waals surface area contributed by atoms with Gasteiger partial charge in [-0.3, -0.25) is 4.98 Å². The molecule has 0 aliphatic rings. The van der Waals surface area contributed by atoms with Crippen LogP contribution in [0.5, 0.6) is 0 Å². The molecule has 0 radical (unpaired) electrons. The molecule has 0 saturated carbocycles. The van der Waals surface area contributed by atoms with Crippen LogP contribution in [0.3, 0.4) is 0 Å². The van der Waals surface area contributed by atoms with Crippen LogP contribution >= 0.6 is 11.6 Å². The van der Waals surface area contributed by atoms with E-state index in [1.807, 2.05) is 36.4 Å². The lowest BCUT2D eigenvalue weighted by Gasteiger charge is -2.08. The van der Waals surface area contributed by atoms with E-state index in [1.54, 1.807) is 6.20 Å². The average Bonchev–Trinajstić information content (AvgIpc) is 2.95. The molecule has 0 fully saturated rings. The molecule has 0 atom stereocenters. The summed E-state index contributed by atoms with van der Waals surface area (Å²) in [7, 11) is 0. The van der Waals surface area contributed by atoms with Gasteiger partial charge in [-0.2, -0.15) is 0 Å². The summed E-state index contributed by atoms with van der Waals surface area (Å²) in [6, 6.07) is 11.7. The summed E-state index contributed by atoms with van der Waals surface area (Å²) in [5.41, 5.74) is 1.83. The quantitative estimate of drug-likeness (QED) is 0.758. The standard InChI is InChI=1S/C16H15ClN2O/c1-2-11-5-6-12(20-11)10-19-15-8-7-14(17)13-4-3-9-18-16(13)15/h3-9,19H,2,10H2,1H3. The molecule has 0 amide bonds. The Hall–Kier alpha value is -2.00. The van der Waals surface area contributed by atoms with Crippen LogP contribution in [-0.2, 0) is 13.0 Å². The minimum absolute atomic E-state index is 0.632. The van der Waals surface area contributed by atoms with Gasteiger partial charge >= 0.3 is 0 Å². The first-order chi connectivity index (χ1) is 9.78. The molecule has 1 N–H and O–H groups in total. The van der Waals surface area contributed by atoms with Crippen LogP contribution in [0.25, 0.3) is 10.9 Å². The molecule has 0 unspecified atom stereocenters. The predicted molar refractivity (Wildman–Crippen MR) is 82.2 cm³/mol. The zero-order valence-electron chi connectivity index (χ0n) is 11.2. The minimum atomic E-state index is 0.632. The van der Waals surface area contributed by atoms with E-state index in [9.17, 15) is 0 Å². The van der Waals surface area contributed by atoms with E-state index in [-0.39, 0.29) is 0 Å². The molecule has 0 saturated heterocycles. The maximum atomic E-state index is 6.18. The Balaban J connectivity index is 1.86. The molecule has 2 aromatic heterocycles. The van der Waals surface area contributed by atoms with Crippen LogP contribution in [0, 0.1) is 0 Å². The summed E-state index contributed by atoms with van der Waals surface area (Å²) in [5.74, 6) is 1.92. The highest BCUT2D eigenvalue weighted by atomic mass is 35.5. The number of furan rings is 1. The molecule has 0 bridgehead atoms. The van der Waals surface area contributed by atoms with Gasteiger partial charge in [0.25, 0.3) is 0 Å². The van der Waals surface area contributed by atoms with Gasteiger partial charge in [0.15, 0.2) is 0 Å². The van der Waals surface area contributed by atoms with Crippen LogP contribution in [0.2, 0.25) is 5.02 Å². The molecule has 1 aromatic carbocycles. The largest absolute Gasteiger partial charge is 0.464 e. The SMILES string of the molecule is CCc1ccc(CNc2ccc(Cl)c3cccnc23)o1. The molecule has 0 aliphatic carbocycles. The lowest BCUT2D eigenvalue weighted by Crippen LogP contribution is -1.99. The first-order valence-corrected chi connectivity index (χ1v) is 7.00. The predicted octanol–water partition coefficient (Wildman–Crippen LogP) is 4.66. The molecule has 0 aliphatic heterocycles. The summed E-state index contributed by atoms with van der Waals surface area (Å²) < 4.78 is 5.68. The van der Waals surface area contributed by atoms with Crippen molar-refractivity contribution in [2.75, 3.05) is 5.32 Å². The van der Waals surface area contributed by atoms with E-state index >= 15 is 0 Å². The number of nitrogens with zero attached hydrogens (tertiary/aromatic N) is 1. The normalized spacial score (nSPS) is 10.9. The number of aromatic nitrogens is 1. The number of rotatable bonds is 4. The monoisotopic (exact) mass is 286 g/mol. The number of pyridine rings is 1. The topological polar surface area (TPSA) is 38.1 Å². The third kappa shape index (κ3) is 2.49. The first-order valence-electron chi connectivity index (χ1n) is 6.62. The Morgan fingerprint density at radius 3 is 2.80 bits per heavy atom. The number of aryl methyl sites for hydroxylation is 1. The molecule has 3 rings (SSSR count). The van der Waals surface area contributed by atoms with E-state index < -0.39 is 0 Å². The second kappa shape index (κ2) is 5.55. The number of fused-ring (bicyclic) bond motifs is 1. The Bertz CT molecular complexity index is 736. The van der Waals surface area contributed by atoms with Crippen LogP contribution in [0.15, 0.2) is 47.0 Å². The van der Waals surface area contributed by atoms with E-state index in [2.05, 4.69) is 17.2 Å². The van der Waals surface area contributed by atoms with Crippen molar-refractivity contribution >= 4 is 28.2 Å². The maximum absolute atomic E-state index is 6.18. The van der Waals surface area contributed by atoms with E-state index in [1.165, 1.54) is 0 Å². The number of halogens is 1. The highest BCUT2D eigenvalue weighted by Crippen LogP contribution is 2.28. The number of benzene rings is 1. The van der Waals surface area contributed by atoms with Crippen LogP contribution in [0.1, 0.15) is 18.4 Å². The van der Waals surface area contributed by atoms with Crippen molar-refractivity contribution in [1.29, 1.82) is 0 Å². The fourth-order valence-electron chi connectivity index (χ4n) is 2.17. The molecule has 20 heavy (non-hydrogen) atoms. The molecule has 4 heteroatoms. The van der Waals surface area contributed by atoms with Gasteiger partial charge in [0.1, 0.15) is 11.5 Å². The number of anilines is 1. The fraction of sp³-hybridized carbons (Fsp3) is 0.188. The van der Waals surface area contributed by atoms with Gasteiger partial charge < -0.3 is 9.73 Å². The zero-order chi connectivity index (χ0) is 13.9. The highest BCUT2D eigenvalue weighted by Gasteiger charge is 2.06. The Kier molecular flexibility index (Phi) is 3.61. The van der Waals surface area contributed by atoms with Crippen molar-refractivity contribution in [1.82, 2.24) is 4.98 Å². The van der Waals surface area contributed by atoms with Crippen molar-refractivity contribution in [3.8, 4) is 0 Å². The Labute approximate surface area is 122 Å². The second-order valence-electron chi connectivity index (χ2n) is 4.57. The van der Waals surface area contributed by atoms with Crippen molar-refractivity contribution < 1.29 is 4.42 Å².